The number of piperidine rings is 1. The zero-order valence-electron chi connectivity index (χ0n) is 19.6. The van der Waals surface area contributed by atoms with Crippen molar-refractivity contribution in [2.24, 2.45) is 5.92 Å². The normalized spacial score (nSPS) is 16.9. The Morgan fingerprint density at radius 2 is 1.85 bits per heavy atom. The Bertz CT molecular complexity index is 1190. The van der Waals surface area contributed by atoms with Crippen molar-refractivity contribution in [1.29, 1.82) is 0 Å². The van der Waals surface area contributed by atoms with E-state index >= 15 is 0 Å². The van der Waals surface area contributed by atoms with Crippen molar-refractivity contribution in [1.82, 2.24) is 19.2 Å². The molecule has 0 spiro atoms. The Morgan fingerprint density at radius 1 is 1.09 bits per heavy atom. The molecule has 8 heteroatoms. The Kier molecular flexibility index (Phi) is 7.80. The van der Waals surface area contributed by atoms with Gasteiger partial charge in [0.15, 0.2) is 0 Å². The molecule has 1 fully saturated rings. The largest absolute Gasteiger partial charge is 0.352 e. The van der Waals surface area contributed by atoms with Crippen molar-refractivity contribution in [3.8, 4) is 5.69 Å². The van der Waals surface area contributed by atoms with Gasteiger partial charge in [-0.1, -0.05) is 42.5 Å². The third-order valence-corrected chi connectivity index (χ3v) is 8.29. The lowest BCUT2D eigenvalue weighted by Gasteiger charge is -2.31. The number of sulfonamides is 1. The van der Waals surface area contributed by atoms with Crippen LogP contribution in [0.2, 0.25) is 0 Å². The van der Waals surface area contributed by atoms with E-state index in [4.69, 9.17) is 0 Å². The summed E-state index contributed by atoms with van der Waals surface area (Å²) >= 11 is 0. The van der Waals surface area contributed by atoms with Crippen molar-refractivity contribution < 1.29 is 13.2 Å². The smallest absolute Gasteiger partial charge is 0.224 e. The predicted octanol–water partition coefficient (Wildman–Crippen LogP) is 3.47. The Balaban J connectivity index is 1.27. The molecule has 1 aromatic heterocycles. The van der Waals surface area contributed by atoms with Crippen molar-refractivity contribution in [2.45, 2.75) is 39.2 Å². The van der Waals surface area contributed by atoms with Gasteiger partial charge in [0.1, 0.15) is 5.82 Å². The van der Waals surface area contributed by atoms with Gasteiger partial charge in [-0.15, -0.1) is 0 Å². The first-order chi connectivity index (χ1) is 16.4. The van der Waals surface area contributed by atoms with Crippen LogP contribution in [0.4, 0.5) is 0 Å². The Labute approximate surface area is 201 Å². The fourth-order valence-electron chi connectivity index (χ4n) is 4.40. The number of imidazole rings is 1. The fraction of sp³-hybridized carbons (Fsp3) is 0.385. The van der Waals surface area contributed by atoms with Gasteiger partial charge in [0.25, 0.3) is 0 Å². The zero-order chi connectivity index (χ0) is 24.0. The highest BCUT2D eigenvalue weighted by Gasteiger charge is 2.31. The van der Waals surface area contributed by atoms with Crippen LogP contribution in [0, 0.1) is 12.8 Å². The minimum atomic E-state index is -3.37. The summed E-state index contributed by atoms with van der Waals surface area (Å²) in [6, 6.07) is 17.9. The average molecular weight is 481 g/mol. The number of aryl methyl sites for hydroxylation is 2. The second-order valence-electron chi connectivity index (χ2n) is 8.83. The molecule has 1 aliphatic rings. The highest BCUT2D eigenvalue weighted by Crippen LogP contribution is 2.21. The summed E-state index contributed by atoms with van der Waals surface area (Å²) in [4.78, 5) is 17.0. The summed E-state index contributed by atoms with van der Waals surface area (Å²) in [5, 5.41) is 2.99. The number of carbonyl (C=O) groups is 1. The monoisotopic (exact) mass is 480 g/mol. The Morgan fingerprint density at radius 3 is 2.56 bits per heavy atom. The van der Waals surface area contributed by atoms with E-state index in [2.05, 4.69) is 10.3 Å². The number of rotatable bonds is 9. The molecule has 1 atom stereocenters. The summed E-state index contributed by atoms with van der Waals surface area (Å²) in [6.45, 7) is 3.12. The van der Waals surface area contributed by atoms with E-state index in [0.717, 1.165) is 29.1 Å². The van der Waals surface area contributed by atoms with Gasteiger partial charge in [0, 0.05) is 37.7 Å². The summed E-state index contributed by atoms with van der Waals surface area (Å²) < 4.78 is 29.2. The van der Waals surface area contributed by atoms with E-state index in [0.29, 0.717) is 32.4 Å². The number of aromatic nitrogens is 2. The molecule has 2 aromatic carbocycles. The first kappa shape index (κ1) is 24.2. The van der Waals surface area contributed by atoms with Gasteiger partial charge in [-0.3, -0.25) is 4.79 Å². The molecule has 180 valence electrons. The van der Waals surface area contributed by atoms with E-state index in [-0.39, 0.29) is 24.1 Å². The molecular formula is C26H32N4O3S. The Hall–Kier alpha value is -2.97. The van der Waals surface area contributed by atoms with Gasteiger partial charge in [0.2, 0.25) is 15.9 Å². The van der Waals surface area contributed by atoms with Crippen LogP contribution in [0.15, 0.2) is 67.0 Å². The lowest BCUT2D eigenvalue weighted by atomic mass is 9.99. The second kappa shape index (κ2) is 11.0. The van der Waals surface area contributed by atoms with Gasteiger partial charge in [0.05, 0.1) is 11.7 Å². The maximum Gasteiger partial charge on any atom is 0.224 e. The summed E-state index contributed by atoms with van der Waals surface area (Å²) in [5.41, 5.74) is 3.16. The average Bonchev–Trinajstić information content (AvgIpc) is 3.29. The van der Waals surface area contributed by atoms with Crippen LogP contribution < -0.4 is 5.32 Å². The molecule has 3 aromatic rings. The maximum absolute atomic E-state index is 12.9. The third kappa shape index (κ3) is 6.12. The molecule has 1 amide bonds. The van der Waals surface area contributed by atoms with Gasteiger partial charge < -0.3 is 9.88 Å². The van der Waals surface area contributed by atoms with Gasteiger partial charge in [-0.05, 0) is 55.9 Å². The fourth-order valence-corrected chi connectivity index (χ4v) is 5.98. The van der Waals surface area contributed by atoms with Gasteiger partial charge >= 0.3 is 0 Å². The molecule has 1 N–H and O–H groups in total. The number of amides is 1. The molecule has 0 radical (unpaired) electrons. The molecular weight excluding hydrogens is 448 g/mol. The lowest BCUT2D eigenvalue weighted by molar-refractivity contribution is -0.126. The molecule has 4 rings (SSSR count). The number of nitrogens with zero attached hydrogens (tertiary/aromatic N) is 3. The van der Waals surface area contributed by atoms with E-state index < -0.39 is 10.0 Å². The summed E-state index contributed by atoms with van der Waals surface area (Å²) in [7, 11) is -3.37. The first-order valence-electron chi connectivity index (χ1n) is 11.8. The molecule has 1 unspecified atom stereocenters. The molecule has 0 saturated carbocycles. The standard InChI is InChI=1S/C26H32N4O3S/c1-21-27-15-17-30(21)25-13-11-23(12-14-25)19-28-26(31)24-10-5-16-29(20-24)34(32,33)18-6-9-22-7-3-2-4-8-22/h2-4,7-8,11-15,17,24H,5-6,9-10,16,18-20H2,1H3,(H,28,31). The van der Waals surface area contributed by atoms with Crippen LogP contribution in [0.25, 0.3) is 5.69 Å². The summed E-state index contributed by atoms with van der Waals surface area (Å²) in [6.07, 6.45) is 6.40. The number of nitrogens with one attached hydrogen (secondary N) is 1. The molecule has 1 saturated heterocycles. The minimum Gasteiger partial charge on any atom is -0.352 e. The predicted molar refractivity (Wildman–Crippen MR) is 133 cm³/mol. The highest BCUT2D eigenvalue weighted by atomic mass is 32.2. The number of hydrogen-bond donors (Lipinski definition) is 1. The first-order valence-corrected chi connectivity index (χ1v) is 13.4. The molecule has 0 bridgehead atoms. The van der Waals surface area contributed by atoms with Crippen LogP contribution >= 0.6 is 0 Å². The van der Waals surface area contributed by atoms with E-state index in [1.807, 2.05) is 72.3 Å². The third-order valence-electron chi connectivity index (χ3n) is 6.37. The van der Waals surface area contributed by atoms with Crippen LogP contribution in [0.3, 0.4) is 0 Å². The summed E-state index contributed by atoms with van der Waals surface area (Å²) in [5.74, 6) is 0.626. The van der Waals surface area contributed by atoms with Crippen molar-refractivity contribution >= 4 is 15.9 Å². The van der Waals surface area contributed by atoms with Crippen molar-refractivity contribution in [3.05, 3.63) is 83.9 Å². The van der Waals surface area contributed by atoms with E-state index in [1.165, 1.54) is 4.31 Å². The highest BCUT2D eigenvalue weighted by molar-refractivity contribution is 7.89. The number of carbonyl (C=O) groups excluding carboxylic acids is 1. The van der Waals surface area contributed by atoms with Crippen molar-refractivity contribution in [3.63, 3.8) is 0 Å². The number of hydrogen-bond acceptors (Lipinski definition) is 4. The quantitative estimate of drug-likeness (QED) is 0.508. The van der Waals surface area contributed by atoms with Gasteiger partial charge in [-0.2, -0.15) is 0 Å². The molecule has 0 aliphatic carbocycles. The number of benzene rings is 2. The minimum absolute atomic E-state index is 0.0845. The second-order valence-corrected chi connectivity index (χ2v) is 10.9. The van der Waals surface area contributed by atoms with Crippen LogP contribution in [-0.4, -0.2) is 47.0 Å². The van der Waals surface area contributed by atoms with Crippen molar-refractivity contribution in [2.75, 3.05) is 18.8 Å². The van der Waals surface area contributed by atoms with Gasteiger partial charge in [-0.25, -0.2) is 17.7 Å². The topological polar surface area (TPSA) is 84.3 Å². The SMILES string of the molecule is Cc1nccn1-c1ccc(CNC(=O)C2CCCN(S(=O)(=O)CCCc3ccccc3)C2)cc1. The van der Waals surface area contributed by atoms with E-state index in [1.54, 1.807) is 6.20 Å². The molecule has 1 aliphatic heterocycles. The van der Waals surface area contributed by atoms with Crippen LogP contribution in [0.1, 0.15) is 36.2 Å². The van der Waals surface area contributed by atoms with Crippen LogP contribution in [0.5, 0.6) is 0 Å². The molecule has 2 heterocycles. The van der Waals surface area contributed by atoms with Crippen LogP contribution in [-0.2, 0) is 27.8 Å². The lowest BCUT2D eigenvalue weighted by Crippen LogP contribution is -2.46. The zero-order valence-corrected chi connectivity index (χ0v) is 20.4. The maximum atomic E-state index is 12.9. The molecule has 7 nitrogen and oxygen atoms in total. The van der Waals surface area contributed by atoms with E-state index in [9.17, 15) is 13.2 Å². The molecule has 34 heavy (non-hydrogen) atoms.